The first-order chi connectivity index (χ1) is 16.1. The molecule has 8 heteroatoms. The molecule has 1 amide bonds. The molecule has 0 unspecified atom stereocenters. The minimum Gasteiger partial charge on any atom is -0.365 e. The number of anilines is 1. The number of nitrogens with zero attached hydrogens (tertiary/aromatic N) is 4. The monoisotopic (exact) mass is 523 g/mol. The summed E-state index contributed by atoms with van der Waals surface area (Å²) < 4.78 is 2.45. The molecule has 6 nitrogen and oxygen atoms in total. The zero-order valence-corrected chi connectivity index (χ0v) is 20.3. The van der Waals surface area contributed by atoms with E-state index < -0.39 is 0 Å². The van der Waals surface area contributed by atoms with Crippen LogP contribution in [0.4, 0.5) is 5.82 Å². The summed E-state index contributed by atoms with van der Waals surface area (Å²) >= 11 is 9.63. The Morgan fingerprint density at radius 1 is 1.09 bits per heavy atom. The number of piperidine rings is 1. The number of halogens is 2. The van der Waals surface area contributed by atoms with E-state index >= 15 is 0 Å². The van der Waals surface area contributed by atoms with Crippen molar-refractivity contribution in [2.45, 2.75) is 25.3 Å². The maximum atomic E-state index is 13.6. The van der Waals surface area contributed by atoms with E-state index in [9.17, 15) is 4.79 Å². The van der Waals surface area contributed by atoms with Gasteiger partial charge in [-0.15, -0.1) is 0 Å². The first kappa shape index (κ1) is 21.9. The Labute approximate surface area is 205 Å². The van der Waals surface area contributed by atoms with Gasteiger partial charge in [-0.1, -0.05) is 54.1 Å². The molecule has 1 N–H and O–H groups in total. The second-order valence-corrected chi connectivity index (χ2v) is 9.50. The van der Waals surface area contributed by atoms with Crippen molar-refractivity contribution in [3.05, 3.63) is 93.2 Å². The van der Waals surface area contributed by atoms with E-state index in [2.05, 4.69) is 55.6 Å². The van der Waals surface area contributed by atoms with Crippen LogP contribution >= 0.6 is 27.5 Å². The number of amides is 1. The van der Waals surface area contributed by atoms with Crippen molar-refractivity contribution in [3.63, 3.8) is 0 Å². The predicted octanol–water partition coefficient (Wildman–Crippen LogP) is 5.78. The van der Waals surface area contributed by atoms with Crippen molar-refractivity contribution in [1.29, 1.82) is 0 Å². The molecule has 0 bridgehead atoms. The molecular formula is C25H23BrClN5O. The van der Waals surface area contributed by atoms with Crippen molar-refractivity contribution in [3.8, 4) is 0 Å². The van der Waals surface area contributed by atoms with Crippen LogP contribution in [0.1, 0.15) is 40.2 Å². The number of aromatic nitrogens is 3. The second-order valence-electron chi connectivity index (χ2n) is 8.21. The third-order valence-corrected chi connectivity index (χ3v) is 6.91. The number of hydrogen-bond donors (Lipinski definition) is 1. The maximum absolute atomic E-state index is 13.6. The van der Waals surface area contributed by atoms with Crippen LogP contribution in [0.5, 0.6) is 0 Å². The molecule has 1 aliphatic heterocycles. The lowest BCUT2D eigenvalue weighted by atomic mass is 9.89. The van der Waals surface area contributed by atoms with Gasteiger partial charge in [0.05, 0.1) is 10.7 Å². The van der Waals surface area contributed by atoms with Crippen molar-refractivity contribution in [2.24, 2.45) is 0 Å². The van der Waals surface area contributed by atoms with Gasteiger partial charge in [-0.05, 0) is 57.9 Å². The van der Waals surface area contributed by atoms with Crippen LogP contribution in [0.25, 0.3) is 5.65 Å². The van der Waals surface area contributed by atoms with Crippen LogP contribution in [-0.4, -0.2) is 38.5 Å². The number of hydrogen-bond acceptors (Lipinski definition) is 4. The molecule has 1 aliphatic rings. The van der Waals surface area contributed by atoms with Crippen LogP contribution in [-0.2, 0) is 6.54 Å². The third kappa shape index (κ3) is 4.61. The normalized spacial score (nSPS) is 14.5. The van der Waals surface area contributed by atoms with E-state index in [1.807, 2.05) is 35.2 Å². The summed E-state index contributed by atoms with van der Waals surface area (Å²) in [5, 5.41) is 8.51. The minimum atomic E-state index is -0.0314. The quantitative estimate of drug-likeness (QED) is 0.360. The Kier molecular flexibility index (Phi) is 6.33. The molecule has 5 rings (SSSR count). The molecule has 1 saturated heterocycles. The summed E-state index contributed by atoms with van der Waals surface area (Å²) in [4.78, 5) is 20.0. The number of likely N-dealkylation sites (tertiary alicyclic amines) is 1. The molecule has 4 aromatic rings. The minimum absolute atomic E-state index is 0.0314. The van der Waals surface area contributed by atoms with Gasteiger partial charge in [0.25, 0.3) is 5.91 Å². The number of rotatable bonds is 5. The highest BCUT2D eigenvalue weighted by atomic mass is 79.9. The summed E-state index contributed by atoms with van der Waals surface area (Å²) in [6.07, 6.45) is 5.23. The zero-order valence-electron chi connectivity index (χ0n) is 17.9. The smallest absolute Gasteiger partial charge is 0.259 e. The van der Waals surface area contributed by atoms with Gasteiger partial charge in [-0.25, -0.2) is 4.98 Å². The highest BCUT2D eigenvalue weighted by Gasteiger charge is 2.27. The van der Waals surface area contributed by atoms with E-state index in [0.717, 1.165) is 22.9 Å². The van der Waals surface area contributed by atoms with E-state index in [0.29, 0.717) is 47.6 Å². The lowest BCUT2D eigenvalue weighted by Crippen LogP contribution is -2.38. The van der Waals surface area contributed by atoms with E-state index in [-0.39, 0.29) is 5.91 Å². The maximum Gasteiger partial charge on any atom is 0.259 e. The first-order valence-corrected chi connectivity index (χ1v) is 12.1. The number of carbonyl (C=O) groups is 1. The van der Waals surface area contributed by atoms with Crippen molar-refractivity contribution in [1.82, 2.24) is 19.5 Å². The van der Waals surface area contributed by atoms with Crippen molar-refractivity contribution < 1.29 is 4.79 Å². The fourth-order valence-corrected chi connectivity index (χ4v) is 4.95. The summed E-state index contributed by atoms with van der Waals surface area (Å²) in [7, 11) is 0. The van der Waals surface area contributed by atoms with Crippen molar-refractivity contribution in [2.75, 3.05) is 18.4 Å². The lowest BCUT2D eigenvalue weighted by Gasteiger charge is -2.32. The van der Waals surface area contributed by atoms with Gasteiger partial charge in [-0.3, -0.25) is 4.79 Å². The molecule has 2 aromatic heterocycles. The molecular weight excluding hydrogens is 502 g/mol. The van der Waals surface area contributed by atoms with Crippen LogP contribution in [0, 0.1) is 0 Å². The van der Waals surface area contributed by atoms with Gasteiger partial charge in [0.1, 0.15) is 11.4 Å². The fraction of sp³-hybridized carbons (Fsp3) is 0.240. The molecule has 2 aromatic carbocycles. The van der Waals surface area contributed by atoms with E-state index in [1.165, 1.54) is 5.56 Å². The zero-order chi connectivity index (χ0) is 22.8. The molecule has 0 atom stereocenters. The highest BCUT2D eigenvalue weighted by molar-refractivity contribution is 9.10. The van der Waals surface area contributed by atoms with Gasteiger partial charge < -0.3 is 10.2 Å². The Hall–Kier alpha value is -2.90. The highest BCUT2D eigenvalue weighted by Crippen LogP contribution is 2.30. The molecule has 0 radical (unpaired) electrons. The molecule has 1 fully saturated rings. The predicted molar refractivity (Wildman–Crippen MR) is 134 cm³/mol. The topological polar surface area (TPSA) is 62.5 Å². The fourth-order valence-electron chi connectivity index (χ4n) is 4.37. The van der Waals surface area contributed by atoms with Crippen LogP contribution in [0.2, 0.25) is 5.02 Å². The van der Waals surface area contributed by atoms with Gasteiger partial charge >= 0.3 is 0 Å². The number of nitrogens with one attached hydrogen (secondary N) is 1. The lowest BCUT2D eigenvalue weighted by molar-refractivity contribution is 0.0713. The van der Waals surface area contributed by atoms with Gasteiger partial charge in [0, 0.05) is 30.9 Å². The molecule has 3 heterocycles. The molecule has 0 spiro atoms. The van der Waals surface area contributed by atoms with Gasteiger partial charge in [0.2, 0.25) is 0 Å². The number of carbonyl (C=O) groups excluding carboxylic acids is 1. The average molecular weight is 525 g/mol. The Morgan fingerprint density at radius 2 is 1.88 bits per heavy atom. The van der Waals surface area contributed by atoms with E-state index in [1.54, 1.807) is 16.9 Å². The van der Waals surface area contributed by atoms with Crippen LogP contribution < -0.4 is 5.32 Å². The largest absolute Gasteiger partial charge is 0.365 e. The average Bonchev–Trinajstić information content (AvgIpc) is 3.24. The SMILES string of the molecule is O=C(c1cnc2c(Br)cnn2c1NCc1cccc(Cl)c1)N1CCC(c2ccccc2)CC1. The summed E-state index contributed by atoms with van der Waals surface area (Å²) in [6, 6.07) is 18.2. The summed E-state index contributed by atoms with van der Waals surface area (Å²) in [6.45, 7) is 1.94. The van der Waals surface area contributed by atoms with Crippen LogP contribution in [0.15, 0.2) is 71.5 Å². The number of fused-ring (bicyclic) bond motifs is 1. The Balaban J connectivity index is 1.39. The molecule has 168 valence electrons. The second kappa shape index (κ2) is 9.53. The molecule has 0 aliphatic carbocycles. The Bertz CT molecular complexity index is 1280. The Morgan fingerprint density at radius 3 is 2.64 bits per heavy atom. The summed E-state index contributed by atoms with van der Waals surface area (Å²) in [5.41, 5.74) is 3.53. The number of benzene rings is 2. The van der Waals surface area contributed by atoms with Crippen LogP contribution in [0.3, 0.4) is 0 Å². The first-order valence-electron chi connectivity index (χ1n) is 10.9. The summed E-state index contributed by atoms with van der Waals surface area (Å²) in [5.74, 6) is 1.08. The van der Waals surface area contributed by atoms with Gasteiger partial charge in [-0.2, -0.15) is 9.61 Å². The molecule has 0 saturated carbocycles. The third-order valence-electron chi connectivity index (χ3n) is 6.12. The van der Waals surface area contributed by atoms with E-state index in [4.69, 9.17) is 11.6 Å². The molecule has 33 heavy (non-hydrogen) atoms. The van der Waals surface area contributed by atoms with Gasteiger partial charge in [0.15, 0.2) is 5.65 Å². The standard InChI is InChI=1S/C25H23BrClN5O/c26-22-16-30-32-23(28-14-17-5-4-8-20(27)13-17)21(15-29-24(22)32)25(33)31-11-9-19(10-12-31)18-6-2-1-3-7-18/h1-8,13,15-16,19,28H,9-12,14H2. The van der Waals surface area contributed by atoms with Crippen molar-refractivity contribution >= 4 is 44.9 Å².